The van der Waals surface area contributed by atoms with E-state index in [0.29, 0.717) is 40.8 Å². The molecule has 3 heterocycles. The lowest BCUT2D eigenvalue weighted by atomic mass is 10.2. The van der Waals surface area contributed by atoms with E-state index in [9.17, 15) is 13.2 Å². The number of methoxy groups -OCH3 is 2. The van der Waals surface area contributed by atoms with Gasteiger partial charge in [0.2, 0.25) is 10.0 Å². The summed E-state index contributed by atoms with van der Waals surface area (Å²) >= 11 is 1.32. The third-order valence-electron chi connectivity index (χ3n) is 6.74. The summed E-state index contributed by atoms with van der Waals surface area (Å²) in [4.78, 5) is 24.6. The van der Waals surface area contributed by atoms with Gasteiger partial charge in [-0.3, -0.25) is 14.7 Å². The van der Waals surface area contributed by atoms with E-state index in [2.05, 4.69) is 4.98 Å². The summed E-state index contributed by atoms with van der Waals surface area (Å²) in [5, 5.41) is 0.461. The van der Waals surface area contributed by atoms with E-state index in [1.807, 2.05) is 12.1 Å². The average Bonchev–Trinajstić information content (AvgIpc) is 3.22. The Morgan fingerprint density at radius 2 is 1.67 bits per heavy atom. The van der Waals surface area contributed by atoms with Crippen LogP contribution in [0, 0.1) is 0 Å². The van der Waals surface area contributed by atoms with E-state index in [4.69, 9.17) is 14.5 Å². The molecule has 0 N–H and O–H groups in total. The lowest BCUT2D eigenvalue weighted by molar-refractivity contribution is 0.0985. The number of carbonyl (C=O) groups excluding carboxylic acids is 1. The molecular weight excluding hydrogens is 536 g/mol. The highest BCUT2D eigenvalue weighted by Crippen LogP contribution is 2.40. The Morgan fingerprint density at radius 3 is 2.31 bits per heavy atom. The van der Waals surface area contributed by atoms with E-state index < -0.39 is 10.0 Å². The van der Waals surface area contributed by atoms with Gasteiger partial charge in [0.25, 0.3) is 5.91 Å². The predicted molar refractivity (Wildman–Crippen MR) is 151 cm³/mol. The summed E-state index contributed by atoms with van der Waals surface area (Å²) in [5.74, 6) is 0.895. The summed E-state index contributed by atoms with van der Waals surface area (Å²) < 4.78 is 39.8. The number of rotatable bonds is 8. The highest BCUT2D eigenvalue weighted by molar-refractivity contribution is 7.89. The number of carbonyl (C=O) groups is 1. The van der Waals surface area contributed by atoms with Gasteiger partial charge < -0.3 is 9.47 Å². The second-order valence-electron chi connectivity index (χ2n) is 9.24. The van der Waals surface area contributed by atoms with Gasteiger partial charge in [0.15, 0.2) is 5.13 Å². The zero-order valence-electron chi connectivity index (χ0n) is 21.9. The summed E-state index contributed by atoms with van der Waals surface area (Å²) in [5.41, 5.74) is 1.77. The molecule has 2 aromatic heterocycles. The van der Waals surface area contributed by atoms with Gasteiger partial charge in [-0.15, -0.1) is 0 Å². The van der Waals surface area contributed by atoms with Crippen molar-refractivity contribution in [2.45, 2.75) is 37.1 Å². The van der Waals surface area contributed by atoms with Crippen LogP contribution in [0.5, 0.6) is 11.5 Å². The van der Waals surface area contributed by atoms with Gasteiger partial charge in [-0.2, -0.15) is 4.31 Å². The van der Waals surface area contributed by atoms with E-state index in [-0.39, 0.29) is 17.3 Å². The number of aromatic nitrogens is 2. The molecule has 204 valence electrons. The highest BCUT2D eigenvalue weighted by atomic mass is 32.2. The predicted octanol–water partition coefficient (Wildman–Crippen LogP) is 5.12. The molecule has 0 saturated carbocycles. The molecule has 0 bridgehead atoms. The van der Waals surface area contributed by atoms with Crippen molar-refractivity contribution in [1.29, 1.82) is 0 Å². The number of benzene rings is 2. The molecule has 0 atom stereocenters. The molecule has 0 spiro atoms. The molecule has 1 amide bonds. The van der Waals surface area contributed by atoms with E-state index in [1.165, 1.54) is 23.5 Å². The lowest BCUT2D eigenvalue weighted by Crippen LogP contribution is -2.32. The minimum atomic E-state index is -3.62. The number of amides is 1. The molecule has 0 radical (unpaired) electrons. The summed E-state index contributed by atoms with van der Waals surface area (Å²) in [7, 11) is -0.466. The molecule has 11 heteroatoms. The van der Waals surface area contributed by atoms with Crippen molar-refractivity contribution >= 4 is 42.6 Å². The molecular formula is C28H30N4O5S2. The van der Waals surface area contributed by atoms with Gasteiger partial charge in [0.05, 0.1) is 25.7 Å². The third kappa shape index (κ3) is 5.61. The zero-order valence-corrected chi connectivity index (χ0v) is 23.5. The fourth-order valence-corrected chi connectivity index (χ4v) is 7.24. The van der Waals surface area contributed by atoms with Gasteiger partial charge in [-0.1, -0.05) is 30.2 Å². The first-order chi connectivity index (χ1) is 18.9. The van der Waals surface area contributed by atoms with E-state index in [1.54, 1.807) is 60.1 Å². The minimum absolute atomic E-state index is 0.189. The number of nitrogens with zero attached hydrogens (tertiary/aromatic N) is 4. The van der Waals surface area contributed by atoms with Crippen molar-refractivity contribution < 1.29 is 22.7 Å². The number of anilines is 1. The van der Waals surface area contributed by atoms with Crippen LogP contribution in [0.2, 0.25) is 0 Å². The van der Waals surface area contributed by atoms with Crippen LogP contribution in [0.4, 0.5) is 5.13 Å². The van der Waals surface area contributed by atoms with Crippen molar-refractivity contribution in [1.82, 2.24) is 14.3 Å². The fraction of sp³-hybridized carbons (Fsp3) is 0.321. The summed E-state index contributed by atoms with van der Waals surface area (Å²) in [6, 6.07) is 13.4. The van der Waals surface area contributed by atoms with Crippen LogP contribution >= 0.6 is 11.3 Å². The van der Waals surface area contributed by atoms with Gasteiger partial charge in [0, 0.05) is 31.0 Å². The molecule has 1 aliphatic heterocycles. The maximum Gasteiger partial charge on any atom is 0.260 e. The number of hydrogen-bond donors (Lipinski definition) is 0. The first-order valence-corrected chi connectivity index (χ1v) is 15.0. The molecule has 39 heavy (non-hydrogen) atoms. The van der Waals surface area contributed by atoms with Crippen LogP contribution < -0.4 is 14.4 Å². The fourth-order valence-electron chi connectivity index (χ4n) is 4.65. The van der Waals surface area contributed by atoms with Crippen molar-refractivity contribution in [2.75, 3.05) is 32.2 Å². The Kier molecular flexibility index (Phi) is 8.10. The number of sulfonamides is 1. The minimum Gasteiger partial charge on any atom is -0.495 e. The maximum atomic E-state index is 13.9. The van der Waals surface area contributed by atoms with Crippen molar-refractivity contribution in [3.63, 3.8) is 0 Å². The van der Waals surface area contributed by atoms with Gasteiger partial charge in [-0.05, 0) is 60.9 Å². The number of hydrogen-bond acceptors (Lipinski definition) is 8. The Balaban J connectivity index is 1.50. The molecule has 4 aromatic rings. The molecule has 0 aliphatic carbocycles. The number of pyridine rings is 1. The standard InChI is InChI=1S/C28H30N4O5S2/c1-36-23-13-14-24(37-2)26-25(23)30-28(38-26)32(19-20-8-7-15-29-18-20)27(33)21-9-11-22(12-10-21)39(34,35)31-16-5-3-4-6-17-31/h7-15,18H,3-6,16-17,19H2,1-2H3. The van der Waals surface area contributed by atoms with Crippen LogP contribution in [-0.4, -0.2) is 55.9 Å². The van der Waals surface area contributed by atoms with Crippen LogP contribution in [0.3, 0.4) is 0 Å². The van der Waals surface area contributed by atoms with Crippen LogP contribution in [0.15, 0.2) is 65.8 Å². The summed E-state index contributed by atoms with van der Waals surface area (Å²) in [6.07, 6.45) is 7.16. The first kappa shape index (κ1) is 27.0. The quantitative estimate of drug-likeness (QED) is 0.292. The SMILES string of the molecule is COc1ccc(OC)c2sc(N(Cc3cccnc3)C(=O)c3ccc(S(=O)(=O)N4CCCCCC4)cc3)nc12. The molecule has 2 aromatic carbocycles. The smallest absolute Gasteiger partial charge is 0.260 e. The topological polar surface area (TPSA) is 102 Å². The molecule has 0 unspecified atom stereocenters. The Morgan fingerprint density at radius 1 is 0.974 bits per heavy atom. The molecule has 1 aliphatic rings. The molecule has 5 rings (SSSR count). The first-order valence-electron chi connectivity index (χ1n) is 12.7. The Hall–Kier alpha value is -3.54. The molecule has 1 fully saturated rings. The zero-order chi connectivity index (χ0) is 27.4. The second kappa shape index (κ2) is 11.7. The average molecular weight is 567 g/mol. The van der Waals surface area contributed by atoms with Gasteiger partial charge in [0.1, 0.15) is 21.7 Å². The van der Waals surface area contributed by atoms with E-state index in [0.717, 1.165) is 35.9 Å². The molecule has 1 saturated heterocycles. The number of fused-ring (bicyclic) bond motifs is 1. The maximum absolute atomic E-state index is 13.9. The van der Waals surface area contributed by atoms with Crippen LogP contribution in [0.1, 0.15) is 41.6 Å². The van der Waals surface area contributed by atoms with Crippen LogP contribution in [-0.2, 0) is 16.6 Å². The van der Waals surface area contributed by atoms with E-state index >= 15 is 0 Å². The number of thiazole rings is 1. The largest absolute Gasteiger partial charge is 0.495 e. The third-order valence-corrected chi connectivity index (χ3v) is 9.75. The second-order valence-corrected chi connectivity index (χ2v) is 12.2. The highest BCUT2D eigenvalue weighted by Gasteiger charge is 2.27. The number of ether oxygens (including phenoxy) is 2. The van der Waals surface area contributed by atoms with Crippen molar-refractivity contribution in [3.05, 3.63) is 72.1 Å². The van der Waals surface area contributed by atoms with Crippen LogP contribution in [0.25, 0.3) is 10.2 Å². The van der Waals surface area contributed by atoms with Gasteiger partial charge in [-0.25, -0.2) is 13.4 Å². The monoisotopic (exact) mass is 566 g/mol. The van der Waals surface area contributed by atoms with Gasteiger partial charge >= 0.3 is 0 Å². The van der Waals surface area contributed by atoms with Crippen molar-refractivity contribution in [3.8, 4) is 11.5 Å². The summed E-state index contributed by atoms with van der Waals surface area (Å²) in [6.45, 7) is 1.27. The van der Waals surface area contributed by atoms with Crippen molar-refractivity contribution in [2.24, 2.45) is 0 Å². The Labute approximate surface area is 232 Å². The normalized spacial score (nSPS) is 14.6. The molecule has 9 nitrogen and oxygen atoms in total. The lowest BCUT2D eigenvalue weighted by Gasteiger charge is -2.21. The Bertz CT molecular complexity index is 1510.